The molecule has 2 N–H and O–H groups in total. The highest BCUT2D eigenvalue weighted by atomic mass is 32.2. The van der Waals surface area contributed by atoms with E-state index >= 15 is 0 Å². The van der Waals surface area contributed by atoms with Crippen molar-refractivity contribution in [2.45, 2.75) is 45.6 Å². The number of para-hydroxylation sites is 1. The van der Waals surface area contributed by atoms with Crippen LogP contribution in [0.5, 0.6) is 5.75 Å². The highest BCUT2D eigenvalue weighted by Crippen LogP contribution is 2.24. The maximum Gasteiger partial charge on any atom is 0.261 e. The Labute approximate surface area is 196 Å². The van der Waals surface area contributed by atoms with E-state index in [9.17, 15) is 13.2 Å². The van der Waals surface area contributed by atoms with Gasteiger partial charge in [-0.05, 0) is 92.8 Å². The van der Waals surface area contributed by atoms with Gasteiger partial charge in [0.25, 0.3) is 15.9 Å². The summed E-state index contributed by atoms with van der Waals surface area (Å²) < 4.78 is 33.5. The molecule has 0 saturated heterocycles. The predicted molar refractivity (Wildman–Crippen MR) is 131 cm³/mol. The van der Waals surface area contributed by atoms with Crippen molar-refractivity contribution >= 4 is 21.6 Å². The van der Waals surface area contributed by atoms with E-state index in [2.05, 4.69) is 36.0 Å². The Kier molecular flexibility index (Phi) is 7.43. The molecule has 0 aliphatic heterocycles. The van der Waals surface area contributed by atoms with Gasteiger partial charge in [-0.1, -0.05) is 30.3 Å². The zero-order valence-electron chi connectivity index (χ0n) is 19.6. The van der Waals surface area contributed by atoms with E-state index in [1.54, 1.807) is 37.3 Å². The predicted octanol–water partition coefficient (Wildman–Crippen LogP) is 4.98. The van der Waals surface area contributed by atoms with Gasteiger partial charge in [-0.15, -0.1) is 0 Å². The summed E-state index contributed by atoms with van der Waals surface area (Å²) in [5.41, 5.74) is 5.71. The van der Waals surface area contributed by atoms with Gasteiger partial charge in [-0.3, -0.25) is 9.52 Å². The van der Waals surface area contributed by atoms with Crippen LogP contribution in [0.25, 0.3) is 0 Å². The van der Waals surface area contributed by atoms with Gasteiger partial charge in [-0.2, -0.15) is 0 Å². The first-order chi connectivity index (χ1) is 15.6. The summed E-state index contributed by atoms with van der Waals surface area (Å²) in [6.45, 7) is 9.68. The fourth-order valence-corrected chi connectivity index (χ4v) is 4.77. The molecule has 0 unspecified atom stereocenters. The average Bonchev–Trinajstić information content (AvgIpc) is 2.75. The van der Waals surface area contributed by atoms with Crippen molar-refractivity contribution < 1.29 is 17.9 Å². The van der Waals surface area contributed by atoms with E-state index in [-0.39, 0.29) is 23.5 Å². The third-order valence-electron chi connectivity index (χ3n) is 5.57. The molecule has 1 amide bonds. The molecule has 174 valence electrons. The monoisotopic (exact) mass is 466 g/mol. The number of nitrogens with one attached hydrogen (secondary N) is 2. The lowest BCUT2D eigenvalue weighted by Gasteiger charge is -2.19. The van der Waals surface area contributed by atoms with Crippen LogP contribution < -0.4 is 14.8 Å². The molecule has 0 spiro atoms. The fraction of sp³-hybridized carbons (Fsp3) is 0.269. The second-order valence-corrected chi connectivity index (χ2v) is 9.95. The van der Waals surface area contributed by atoms with Crippen molar-refractivity contribution in [2.75, 3.05) is 11.3 Å². The van der Waals surface area contributed by atoms with E-state index in [1.165, 1.54) is 23.3 Å². The number of carbonyl (C=O) groups excluding carboxylic acids is 1. The van der Waals surface area contributed by atoms with Gasteiger partial charge in [0.1, 0.15) is 5.75 Å². The number of ether oxygens (including phenoxy) is 1. The zero-order valence-corrected chi connectivity index (χ0v) is 20.4. The molecule has 0 saturated carbocycles. The highest BCUT2D eigenvalue weighted by Gasteiger charge is 2.17. The zero-order chi connectivity index (χ0) is 24.2. The van der Waals surface area contributed by atoms with Crippen LogP contribution in [0.4, 0.5) is 5.69 Å². The van der Waals surface area contributed by atoms with Crippen LogP contribution in [0.2, 0.25) is 0 Å². The SMILES string of the molecule is Cc1cc(C)c([C@@H](C)NC(=O)COc2ccc(S(=O)(=O)Nc3ccccc3)cc2C)cc1C. The number of sulfonamides is 1. The van der Waals surface area contributed by atoms with Crippen LogP contribution in [0.3, 0.4) is 0 Å². The molecule has 0 bridgehead atoms. The summed E-state index contributed by atoms with van der Waals surface area (Å²) in [5, 5.41) is 2.97. The fourth-order valence-electron chi connectivity index (χ4n) is 3.62. The summed E-state index contributed by atoms with van der Waals surface area (Å²) in [6, 6.07) is 17.3. The minimum Gasteiger partial charge on any atom is -0.484 e. The van der Waals surface area contributed by atoms with Crippen LogP contribution >= 0.6 is 0 Å². The number of rotatable bonds is 8. The Morgan fingerprint density at radius 1 is 0.879 bits per heavy atom. The summed E-state index contributed by atoms with van der Waals surface area (Å²) in [7, 11) is -3.73. The van der Waals surface area contributed by atoms with E-state index in [4.69, 9.17) is 4.74 Å². The van der Waals surface area contributed by atoms with Gasteiger partial charge in [0.15, 0.2) is 6.61 Å². The second kappa shape index (κ2) is 10.1. The molecule has 0 aliphatic rings. The lowest BCUT2D eigenvalue weighted by atomic mass is 9.96. The molecule has 1 atom stereocenters. The minimum atomic E-state index is -3.73. The van der Waals surface area contributed by atoms with E-state index < -0.39 is 10.0 Å². The van der Waals surface area contributed by atoms with E-state index in [0.717, 1.165) is 11.1 Å². The maximum atomic E-state index is 12.6. The first kappa shape index (κ1) is 24.3. The highest BCUT2D eigenvalue weighted by molar-refractivity contribution is 7.92. The van der Waals surface area contributed by atoms with Gasteiger partial charge < -0.3 is 10.1 Å². The Morgan fingerprint density at radius 2 is 1.55 bits per heavy atom. The molecule has 7 heteroatoms. The normalized spacial score (nSPS) is 12.2. The van der Waals surface area contributed by atoms with Crippen LogP contribution in [0.15, 0.2) is 65.6 Å². The first-order valence-electron chi connectivity index (χ1n) is 10.8. The summed E-state index contributed by atoms with van der Waals surface area (Å²) in [5.74, 6) is 0.209. The van der Waals surface area contributed by atoms with Crippen molar-refractivity contribution in [1.82, 2.24) is 5.32 Å². The van der Waals surface area contributed by atoms with Crippen LogP contribution in [0.1, 0.15) is 40.8 Å². The smallest absolute Gasteiger partial charge is 0.261 e. The van der Waals surface area contributed by atoms with Crippen molar-refractivity contribution in [3.05, 3.63) is 88.5 Å². The molecule has 3 rings (SSSR count). The third kappa shape index (κ3) is 6.14. The minimum absolute atomic E-state index is 0.125. The molecule has 0 radical (unpaired) electrons. The van der Waals surface area contributed by atoms with E-state index in [0.29, 0.717) is 17.0 Å². The Balaban J connectivity index is 1.62. The number of hydrogen-bond donors (Lipinski definition) is 2. The lowest BCUT2D eigenvalue weighted by Crippen LogP contribution is -2.31. The molecule has 0 aliphatic carbocycles. The molecule has 3 aromatic carbocycles. The molecular weight excluding hydrogens is 436 g/mol. The van der Waals surface area contributed by atoms with Crippen molar-refractivity contribution in [3.8, 4) is 5.75 Å². The Morgan fingerprint density at radius 3 is 2.21 bits per heavy atom. The van der Waals surface area contributed by atoms with Crippen LogP contribution in [-0.4, -0.2) is 20.9 Å². The molecule has 0 heterocycles. The van der Waals surface area contributed by atoms with Gasteiger partial charge in [0, 0.05) is 5.69 Å². The quantitative estimate of drug-likeness (QED) is 0.491. The van der Waals surface area contributed by atoms with Crippen molar-refractivity contribution in [3.63, 3.8) is 0 Å². The molecule has 3 aromatic rings. The summed E-state index contributed by atoms with van der Waals surface area (Å²) >= 11 is 0. The summed E-state index contributed by atoms with van der Waals surface area (Å²) in [4.78, 5) is 12.6. The molecule has 0 fully saturated rings. The van der Waals surface area contributed by atoms with Crippen molar-refractivity contribution in [1.29, 1.82) is 0 Å². The lowest BCUT2D eigenvalue weighted by molar-refractivity contribution is -0.123. The summed E-state index contributed by atoms with van der Waals surface area (Å²) in [6.07, 6.45) is 0. The molecule has 0 aromatic heterocycles. The molecule has 6 nitrogen and oxygen atoms in total. The van der Waals surface area contributed by atoms with Gasteiger partial charge in [0.05, 0.1) is 10.9 Å². The third-order valence-corrected chi connectivity index (χ3v) is 6.95. The number of hydrogen-bond acceptors (Lipinski definition) is 4. The van der Waals surface area contributed by atoms with Crippen LogP contribution in [0, 0.1) is 27.7 Å². The van der Waals surface area contributed by atoms with Gasteiger partial charge in [0.2, 0.25) is 0 Å². The van der Waals surface area contributed by atoms with Crippen molar-refractivity contribution in [2.24, 2.45) is 0 Å². The Hall–Kier alpha value is -3.32. The van der Waals surface area contributed by atoms with Gasteiger partial charge in [-0.25, -0.2) is 8.42 Å². The van der Waals surface area contributed by atoms with E-state index in [1.807, 2.05) is 19.9 Å². The standard InChI is InChI=1S/C26H30N2O4S/c1-17-13-19(3)24(15-18(17)2)21(5)27-26(29)16-32-25-12-11-23(14-20(25)4)33(30,31)28-22-9-7-6-8-10-22/h6-15,21,28H,16H2,1-5H3,(H,27,29)/t21-/m1/s1. The molecular formula is C26H30N2O4S. The number of anilines is 1. The Bertz CT molecular complexity index is 1250. The topological polar surface area (TPSA) is 84.5 Å². The second-order valence-electron chi connectivity index (χ2n) is 8.27. The molecule has 33 heavy (non-hydrogen) atoms. The first-order valence-corrected chi connectivity index (χ1v) is 12.2. The largest absolute Gasteiger partial charge is 0.484 e. The maximum absolute atomic E-state index is 12.6. The number of amides is 1. The number of aryl methyl sites for hydroxylation is 4. The average molecular weight is 467 g/mol. The van der Waals surface area contributed by atoms with Gasteiger partial charge >= 0.3 is 0 Å². The van der Waals surface area contributed by atoms with Crippen LogP contribution in [-0.2, 0) is 14.8 Å². The number of benzene rings is 3. The number of carbonyl (C=O) groups is 1.